The van der Waals surface area contributed by atoms with E-state index < -0.39 is 98.2 Å². The summed E-state index contributed by atoms with van der Waals surface area (Å²) >= 11 is 14.3. The van der Waals surface area contributed by atoms with Crippen LogP contribution in [-0.2, 0) is 25.6 Å². The second-order valence-electron chi connectivity index (χ2n) is 12.8. The van der Waals surface area contributed by atoms with Crippen LogP contribution in [0.5, 0.6) is 11.5 Å². The summed E-state index contributed by atoms with van der Waals surface area (Å²) in [7, 11) is 0. The van der Waals surface area contributed by atoms with Gasteiger partial charge in [0.1, 0.15) is 17.2 Å². The zero-order valence-corrected chi connectivity index (χ0v) is 26.7. The highest BCUT2D eigenvalue weighted by Gasteiger charge is 2.77. The second-order valence-corrected chi connectivity index (χ2v) is 14.1. The van der Waals surface area contributed by atoms with Crippen molar-refractivity contribution in [1.82, 2.24) is 0 Å². The lowest BCUT2D eigenvalue weighted by Crippen LogP contribution is -2.61. The van der Waals surface area contributed by atoms with Crippen molar-refractivity contribution >= 4 is 58.2 Å². The molecule has 1 N–H and O–H groups in total. The Labute approximate surface area is 289 Å². The fourth-order valence-electron chi connectivity index (χ4n) is 8.21. The van der Waals surface area contributed by atoms with E-state index in [-0.39, 0.29) is 29.1 Å². The summed E-state index contributed by atoms with van der Waals surface area (Å²) in [5.74, 6) is -21.0. The highest BCUT2D eigenvalue weighted by molar-refractivity contribution is 6.58. The molecule has 8 nitrogen and oxygen atoms in total. The van der Waals surface area contributed by atoms with Crippen LogP contribution in [0.2, 0.25) is 0 Å². The number of carbonyl (C=O) groups excluding carboxylic acids is 4. The van der Waals surface area contributed by atoms with Crippen molar-refractivity contribution in [3.63, 3.8) is 0 Å². The number of rotatable bonds is 3. The average molecular weight is 731 g/mol. The van der Waals surface area contributed by atoms with E-state index in [4.69, 9.17) is 27.9 Å². The second kappa shape index (κ2) is 10.9. The number of anilines is 2. The smallest absolute Gasteiger partial charge is 0.258 e. The molecule has 6 atom stereocenters. The number of aromatic hydroxyl groups is 1. The molecule has 0 spiro atoms. The zero-order chi connectivity index (χ0) is 35.6. The first-order chi connectivity index (χ1) is 23.7. The van der Waals surface area contributed by atoms with Crippen LogP contribution in [0.15, 0.2) is 72.0 Å². The number of fused-ring (bicyclic) bond motifs is 5. The molecule has 3 fully saturated rings. The Morgan fingerprint density at radius 1 is 0.800 bits per heavy atom. The fraction of sp³-hybridized carbons (Fsp3) is 0.257. The van der Waals surface area contributed by atoms with E-state index >= 15 is 8.78 Å². The van der Waals surface area contributed by atoms with Crippen molar-refractivity contribution in [3.8, 4) is 11.5 Å². The molecule has 0 aromatic heterocycles. The Morgan fingerprint density at radius 3 is 2.14 bits per heavy atom. The van der Waals surface area contributed by atoms with Gasteiger partial charge in [0.05, 0.1) is 23.8 Å². The van der Waals surface area contributed by atoms with Gasteiger partial charge in [0.2, 0.25) is 17.6 Å². The number of halogens is 7. The van der Waals surface area contributed by atoms with Crippen LogP contribution in [0.1, 0.15) is 18.4 Å². The highest BCUT2D eigenvalue weighted by Crippen LogP contribution is 2.65. The number of ether oxygens (including phenoxy) is 1. The third-order valence-electron chi connectivity index (χ3n) is 10.4. The fourth-order valence-corrected chi connectivity index (χ4v) is 9.16. The molecule has 3 aliphatic heterocycles. The Kier molecular flexibility index (Phi) is 7.06. The van der Waals surface area contributed by atoms with Gasteiger partial charge in [-0.05, 0) is 54.7 Å². The summed E-state index contributed by atoms with van der Waals surface area (Å²) in [6.45, 7) is 0. The number of benzene rings is 3. The number of nitrogens with zero attached hydrogens (tertiary/aromatic N) is 2. The van der Waals surface area contributed by atoms with Crippen LogP contribution in [0, 0.1) is 52.8 Å². The highest BCUT2D eigenvalue weighted by atomic mass is 35.5. The van der Waals surface area contributed by atoms with Crippen LogP contribution >= 0.6 is 23.2 Å². The van der Waals surface area contributed by atoms with Gasteiger partial charge in [0, 0.05) is 17.9 Å². The number of imide groups is 2. The van der Waals surface area contributed by atoms with Crippen LogP contribution in [0.4, 0.5) is 33.3 Å². The van der Waals surface area contributed by atoms with Crippen LogP contribution in [-0.4, -0.2) is 38.5 Å². The van der Waals surface area contributed by atoms with Crippen molar-refractivity contribution in [2.45, 2.75) is 29.0 Å². The number of hydrogen-bond acceptors (Lipinski definition) is 6. The van der Waals surface area contributed by atoms with Crippen molar-refractivity contribution in [2.24, 2.45) is 23.7 Å². The van der Waals surface area contributed by atoms with E-state index in [9.17, 15) is 37.5 Å². The SMILES string of the molecule is O=C1C2CC=C3C(CC4(Cl)C(=O)N(c5c(F)c(F)c(F)c(F)c5F)C(=O)C4(Cl)C3C3=COc4ccc(O)cc4C3)C2C(=O)N1c1ccccc1. The minimum atomic E-state index is -2.67. The summed E-state index contributed by atoms with van der Waals surface area (Å²) in [4.78, 5) is 52.1. The van der Waals surface area contributed by atoms with Crippen LogP contribution < -0.4 is 14.5 Å². The monoisotopic (exact) mass is 730 g/mol. The van der Waals surface area contributed by atoms with E-state index in [0.29, 0.717) is 22.6 Å². The number of phenols is 1. The molecule has 256 valence electrons. The molecule has 2 aliphatic carbocycles. The lowest BCUT2D eigenvalue weighted by atomic mass is 9.56. The molecule has 8 rings (SSSR count). The standard InChI is InChI=1S/C35H21Cl2F5N2O6/c36-34-12-20-18(7-8-19-22(20)31(47)43(30(19)46)16-4-2-1-3-5-16)23(15-10-14-11-17(45)6-9-21(14)50-13-15)35(34,37)33(49)44(32(34)48)29-27(41)25(39)24(38)26(40)28(29)42/h1-7,9,11,13,19-20,22-23,45H,8,10,12H2. The van der Waals surface area contributed by atoms with Gasteiger partial charge in [-0.25, -0.2) is 26.9 Å². The number of hydrogen-bond donors (Lipinski definition) is 1. The molecular formula is C35H21Cl2F5N2O6. The molecule has 6 unspecified atom stereocenters. The molecule has 4 amide bonds. The van der Waals surface area contributed by atoms with Gasteiger partial charge in [0.15, 0.2) is 33.0 Å². The summed E-state index contributed by atoms with van der Waals surface area (Å²) < 4.78 is 79.3. The van der Waals surface area contributed by atoms with Crippen LogP contribution in [0.3, 0.4) is 0 Å². The first-order valence-electron chi connectivity index (χ1n) is 15.3. The molecule has 5 aliphatic rings. The topological polar surface area (TPSA) is 104 Å². The van der Waals surface area contributed by atoms with E-state index in [0.717, 1.165) is 4.90 Å². The molecule has 0 radical (unpaired) electrons. The largest absolute Gasteiger partial charge is 0.508 e. The van der Waals surface area contributed by atoms with E-state index in [2.05, 4.69) is 0 Å². The minimum absolute atomic E-state index is 0.00182. The molecule has 1 saturated carbocycles. The van der Waals surface area contributed by atoms with Crippen molar-refractivity contribution in [3.05, 3.63) is 107 Å². The van der Waals surface area contributed by atoms with Gasteiger partial charge >= 0.3 is 0 Å². The first kappa shape index (κ1) is 32.5. The van der Waals surface area contributed by atoms with E-state index in [1.807, 2.05) is 0 Å². The van der Waals surface area contributed by atoms with Gasteiger partial charge in [-0.15, -0.1) is 23.2 Å². The van der Waals surface area contributed by atoms with Gasteiger partial charge in [-0.3, -0.25) is 24.1 Å². The lowest BCUT2D eigenvalue weighted by molar-refractivity contribution is -0.125. The quantitative estimate of drug-likeness (QED) is 0.0859. The number of alkyl halides is 2. The molecule has 50 heavy (non-hydrogen) atoms. The summed E-state index contributed by atoms with van der Waals surface area (Å²) in [5.41, 5.74) is -0.661. The predicted octanol–water partition coefficient (Wildman–Crippen LogP) is 6.21. The first-order valence-corrected chi connectivity index (χ1v) is 16.1. The Balaban J connectivity index is 1.32. The molecule has 15 heteroatoms. The summed E-state index contributed by atoms with van der Waals surface area (Å²) in [6.07, 6.45) is 2.15. The van der Waals surface area contributed by atoms with Gasteiger partial charge in [-0.2, -0.15) is 0 Å². The Bertz CT molecular complexity index is 2140. The third-order valence-corrected chi connectivity index (χ3v) is 11.8. The van der Waals surface area contributed by atoms with E-state index in [1.165, 1.54) is 24.5 Å². The molecule has 2 saturated heterocycles. The molecule has 0 bridgehead atoms. The normalized spacial score (nSPS) is 30.0. The number of amides is 4. The number of para-hydroxylation sites is 1. The van der Waals surface area contributed by atoms with Crippen molar-refractivity contribution in [2.75, 3.05) is 9.80 Å². The predicted molar refractivity (Wildman–Crippen MR) is 167 cm³/mol. The lowest BCUT2D eigenvalue weighted by Gasteiger charge is -2.51. The summed E-state index contributed by atoms with van der Waals surface area (Å²) in [5, 5.41) is 10.2. The van der Waals surface area contributed by atoms with Crippen molar-refractivity contribution < 1.29 is 51.0 Å². The maximum atomic E-state index is 15.2. The zero-order valence-electron chi connectivity index (χ0n) is 25.2. The molecular weight excluding hydrogens is 710 g/mol. The van der Waals surface area contributed by atoms with Gasteiger partial charge in [-0.1, -0.05) is 29.8 Å². The van der Waals surface area contributed by atoms with E-state index in [1.54, 1.807) is 36.4 Å². The number of allylic oxidation sites excluding steroid dienone is 3. The minimum Gasteiger partial charge on any atom is -0.508 e. The summed E-state index contributed by atoms with van der Waals surface area (Å²) in [6, 6.07) is 12.3. The average Bonchev–Trinajstić information content (AvgIpc) is 3.44. The molecule has 3 aromatic rings. The van der Waals surface area contributed by atoms with Crippen LogP contribution in [0.25, 0.3) is 0 Å². The third kappa shape index (κ3) is 4.04. The number of carbonyl (C=O) groups is 4. The maximum Gasteiger partial charge on any atom is 0.258 e. The molecule has 3 aromatic carbocycles. The molecule has 3 heterocycles. The van der Waals surface area contributed by atoms with Gasteiger partial charge < -0.3 is 9.84 Å². The van der Waals surface area contributed by atoms with Crippen molar-refractivity contribution in [1.29, 1.82) is 0 Å². The van der Waals surface area contributed by atoms with Gasteiger partial charge in [0.25, 0.3) is 11.8 Å². The Morgan fingerprint density at radius 2 is 1.46 bits per heavy atom. The number of phenolic OH excluding ortho intramolecular Hbond substituents is 1. The maximum absolute atomic E-state index is 15.2. The Hall–Kier alpha value is -4.75.